The molecule has 2 rings (SSSR count). The molecule has 0 spiro atoms. The number of amides is 1. The number of carbonyl (C=O) groups is 1. The van der Waals surface area contributed by atoms with E-state index in [2.05, 4.69) is 5.32 Å². The van der Waals surface area contributed by atoms with Crippen LogP contribution in [-0.2, 0) is 4.79 Å². The topological polar surface area (TPSA) is 62.1 Å². The molecule has 106 valence electrons. The predicted octanol–water partition coefficient (Wildman–Crippen LogP) is 2.85. The number of hydrogen-bond donors (Lipinski definition) is 1. The van der Waals surface area contributed by atoms with Gasteiger partial charge in [-0.15, -0.1) is 0 Å². The molecule has 4 nitrogen and oxygen atoms in total. The fourth-order valence-corrected chi connectivity index (χ4v) is 1.56. The summed E-state index contributed by atoms with van der Waals surface area (Å²) in [6.07, 6.45) is 0. The predicted molar refractivity (Wildman–Crippen MR) is 71.6 cm³/mol. The monoisotopic (exact) mass is 288 g/mol. The number of nitriles is 1. The van der Waals surface area contributed by atoms with Crippen LogP contribution in [0, 0.1) is 23.0 Å². The van der Waals surface area contributed by atoms with Crippen LogP contribution in [0.25, 0.3) is 0 Å². The fourth-order valence-electron chi connectivity index (χ4n) is 1.56. The van der Waals surface area contributed by atoms with Gasteiger partial charge in [0.1, 0.15) is 0 Å². The maximum absolute atomic E-state index is 13.3. The normalized spacial score (nSPS) is 9.76. The van der Waals surface area contributed by atoms with Crippen molar-refractivity contribution in [1.29, 1.82) is 5.26 Å². The SMILES string of the molecule is N#Cc1ccc(NC(=O)COc2cccc(F)c2F)cc1. The molecular weight excluding hydrogens is 278 g/mol. The smallest absolute Gasteiger partial charge is 0.262 e. The molecule has 0 heterocycles. The summed E-state index contributed by atoms with van der Waals surface area (Å²) in [5, 5.41) is 11.2. The van der Waals surface area contributed by atoms with Crippen LogP contribution in [0.5, 0.6) is 5.75 Å². The first-order chi connectivity index (χ1) is 10.1. The maximum atomic E-state index is 13.3. The molecule has 0 saturated heterocycles. The van der Waals surface area contributed by atoms with Crippen LogP contribution in [0.1, 0.15) is 5.56 Å². The lowest BCUT2D eigenvalue weighted by molar-refractivity contribution is -0.118. The highest BCUT2D eigenvalue weighted by Crippen LogP contribution is 2.19. The van der Waals surface area contributed by atoms with Crippen molar-refractivity contribution in [3.05, 3.63) is 59.7 Å². The summed E-state index contributed by atoms with van der Waals surface area (Å²) in [4.78, 5) is 11.6. The van der Waals surface area contributed by atoms with E-state index >= 15 is 0 Å². The first-order valence-electron chi connectivity index (χ1n) is 5.97. The van der Waals surface area contributed by atoms with Crippen molar-refractivity contribution in [2.45, 2.75) is 0 Å². The van der Waals surface area contributed by atoms with Crippen molar-refractivity contribution in [2.24, 2.45) is 0 Å². The Bertz CT molecular complexity index is 694. The highest BCUT2D eigenvalue weighted by atomic mass is 19.2. The molecule has 0 aliphatic carbocycles. The summed E-state index contributed by atoms with van der Waals surface area (Å²) in [5.41, 5.74) is 0.938. The third-order valence-electron chi connectivity index (χ3n) is 2.57. The molecule has 0 unspecified atom stereocenters. The van der Waals surface area contributed by atoms with E-state index in [4.69, 9.17) is 10.00 Å². The number of benzene rings is 2. The lowest BCUT2D eigenvalue weighted by Crippen LogP contribution is -2.20. The van der Waals surface area contributed by atoms with Crippen molar-refractivity contribution in [2.75, 3.05) is 11.9 Å². The number of rotatable bonds is 4. The first-order valence-corrected chi connectivity index (χ1v) is 5.97. The van der Waals surface area contributed by atoms with E-state index in [9.17, 15) is 13.6 Å². The zero-order valence-corrected chi connectivity index (χ0v) is 10.8. The van der Waals surface area contributed by atoms with E-state index in [0.717, 1.165) is 6.07 Å². The molecule has 0 aliphatic rings. The zero-order chi connectivity index (χ0) is 15.2. The third-order valence-corrected chi connectivity index (χ3v) is 2.57. The molecule has 1 N–H and O–H groups in total. The van der Waals surface area contributed by atoms with Crippen LogP contribution in [0.3, 0.4) is 0 Å². The summed E-state index contributed by atoms with van der Waals surface area (Å²) in [7, 11) is 0. The molecule has 2 aromatic rings. The number of nitrogens with one attached hydrogen (secondary N) is 1. The maximum Gasteiger partial charge on any atom is 0.262 e. The van der Waals surface area contributed by atoms with Crippen LogP contribution in [0.2, 0.25) is 0 Å². The van der Waals surface area contributed by atoms with Gasteiger partial charge in [-0.3, -0.25) is 4.79 Å². The number of anilines is 1. The average Bonchev–Trinajstić information content (AvgIpc) is 2.49. The second kappa shape index (κ2) is 6.48. The quantitative estimate of drug-likeness (QED) is 0.941. The number of halogens is 2. The standard InChI is InChI=1S/C15H10F2N2O2/c16-12-2-1-3-13(15(12)17)21-9-14(20)19-11-6-4-10(8-18)5-7-11/h1-7H,9H2,(H,19,20). The summed E-state index contributed by atoms with van der Waals surface area (Å²) in [6.45, 7) is -0.458. The molecular formula is C15H10F2N2O2. The highest BCUT2D eigenvalue weighted by molar-refractivity contribution is 5.91. The Morgan fingerprint density at radius 3 is 2.57 bits per heavy atom. The number of hydrogen-bond acceptors (Lipinski definition) is 3. The van der Waals surface area contributed by atoms with Gasteiger partial charge >= 0.3 is 0 Å². The summed E-state index contributed by atoms with van der Waals surface area (Å²) < 4.78 is 31.2. The molecule has 0 atom stereocenters. The van der Waals surface area contributed by atoms with Gasteiger partial charge in [-0.25, -0.2) is 4.39 Å². The number of ether oxygens (including phenoxy) is 1. The minimum Gasteiger partial charge on any atom is -0.481 e. The van der Waals surface area contributed by atoms with E-state index in [0.29, 0.717) is 11.3 Å². The van der Waals surface area contributed by atoms with Crippen molar-refractivity contribution in [1.82, 2.24) is 0 Å². The first kappa shape index (κ1) is 14.5. The van der Waals surface area contributed by atoms with Gasteiger partial charge < -0.3 is 10.1 Å². The molecule has 6 heteroatoms. The molecule has 0 aliphatic heterocycles. The Labute approximate surface area is 119 Å². The lowest BCUT2D eigenvalue weighted by atomic mass is 10.2. The number of nitrogens with zero attached hydrogens (tertiary/aromatic N) is 1. The lowest BCUT2D eigenvalue weighted by Gasteiger charge is -2.08. The Morgan fingerprint density at radius 1 is 1.19 bits per heavy atom. The van der Waals surface area contributed by atoms with Gasteiger partial charge in [-0.05, 0) is 36.4 Å². The van der Waals surface area contributed by atoms with Crippen molar-refractivity contribution in [3.63, 3.8) is 0 Å². The minimum absolute atomic E-state index is 0.329. The molecule has 0 saturated carbocycles. The third kappa shape index (κ3) is 3.76. The molecule has 21 heavy (non-hydrogen) atoms. The van der Waals surface area contributed by atoms with Crippen molar-refractivity contribution >= 4 is 11.6 Å². The minimum atomic E-state index is -1.14. The molecule has 0 aromatic heterocycles. The Kier molecular flexibility index (Phi) is 4.46. The Balaban J connectivity index is 1.93. The zero-order valence-electron chi connectivity index (χ0n) is 10.8. The van der Waals surface area contributed by atoms with E-state index in [-0.39, 0.29) is 5.75 Å². The van der Waals surface area contributed by atoms with Gasteiger partial charge in [0, 0.05) is 5.69 Å². The van der Waals surface area contributed by atoms with Gasteiger partial charge in [-0.1, -0.05) is 6.07 Å². The Hall–Kier alpha value is -2.94. The Morgan fingerprint density at radius 2 is 1.90 bits per heavy atom. The van der Waals surface area contributed by atoms with E-state index in [1.165, 1.54) is 12.1 Å². The molecule has 0 radical (unpaired) electrons. The molecule has 1 amide bonds. The van der Waals surface area contributed by atoms with Crippen LogP contribution < -0.4 is 10.1 Å². The van der Waals surface area contributed by atoms with Crippen molar-refractivity contribution in [3.8, 4) is 11.8 Å². The van der Waals surface area contributed by atoms with E-state index in [1.807, 2.05) is 6.07 Å². The molecule has 2 aromatic carbocycles. The molecule has 0 fully saturated rings. The van der Waals surface area contributed by atoms with Crippen LogP contribution in [0.4, 0.5) is 14.5 Å². The van der Waals surface area contributed by atoms with Crippen LogP contribution in [-0.4, -0.2) is 12.5 Å². The van der Waals surface area contributed by atoms with Crippen LogP contribution in [0.15, 0.2) is 42.5 Å². The van der Waals surface area contributed by atoms with Crippen molar-refractivity contribution < 1.29 is 18.3 Å². The van der Waals surface area contributed by atoms with Crippen LogP contribution >= 0.6 is 0 Å². The fraction of sp³-hybridized carbons (Fsp3) is 0.0667. The summed E-state index contributed by atoms with van der Waals surface area (Å²) >= 11 is 0. The van der Waals surface area contributed by atoms with Gasteiger partial charge in [0.15, 0.2) is 18.2 Å². The summed E-state index contributed by atoms with van der Waals surface area (Å²) in [5.74, 6) is -3.03. The average molecular weight is 288 g/mol. The van der Waals surface area contributed by atoms with E-state index in [1.54, 1.807) is 24.3 Å². The van der Waals surface area contributed by atoms with Gasteiger partial charge in [-0.2, -0.15) is 9.65 Å². The van der Waals surface area contributed by atoms with E-state index < -0.39 is 24.1 Å². The second-order valence-electron chi connectivity index (χ2n) is 4.08. The van der Waals surface area contributed by atoms with Gasteiger partial charge in [0.05, 0.1) is 11.6 Å². The second-order valence-corrected chi connectivity index (χ2v) is 4.08. The molecule has 0 bridgehead atoms. The largest absolute Gasteiger partial charge is 0.481 e. The van der Waals surface area contributed by atoms with Gasteiger partial charge in [0.2, 0.25) is 5.82 Å². The number of carbonyl (C=O) groups excluding carboxylic acids is 1. The van der Waals surface area contributed by atoms with Gasteiger partial charge in [0.25, 0.3) is 5.91 Å². The highest BCUT2D eigenvalue weighted by Gasteiger charge is 2.10. The summed E-state index contributed by atoms with van der Waals surface area (Å²) in [6, 6.07) is 11.6.